The number of primary amides is 1. The highest BCUT2D eigenvalue weighted by Gasteiger charge is 2.02. The van der Waals surface area contributed by atoms with E-state index in [4.69, 9.17) is 17.5 Å². The van der Waals surface area contributed by atoms with Crippen LogP contribution in [-0.2, 0) is 4.79 Å². The SMILES string of the molecule is C[C@H](NCl)C(N)=O. The van der Waals surface area contributed by atoms with Crippen molar-refractivity contribution in [2.75, 3.05) is 0 Å². The fourth-order valence-corrected chi connectivity index (χ4v) is 0.161. The summed E-state index contributed by atoms with van der Waals surface area (Å²) in [4.78, 5) is 12.2. The molecule has 0 heterocycles. The van der Waals surface area contributed by atoms with Gasteiger partial charge in [-0.3, -0.25) is 4.79 Å². The van der Waals surface area contributed by atoms with Gasteiger partial charge in [0.25, 0.3) is 0 Å². The predicted octanol–water partition coefficient (Wildman–Crippen LogP) is -0.396. The van der Waals surface area contributed by atoms with Gasteiger partial charge in [-0.05, 0) is 18.7 Å². The summed E-state index contributed by atoms with van der Waals surface area (Å²) in [6.45, 7) is 1.58. The molecule has 0 aliphatic heterocycles. The molecular weight excluding hydrogens is 115 g/mol. The molecule has 0 saturated heterocycles. The van der Waals surface area contributed by atoms with Crippen LogP contribution in [0.1, 0.15) is 6.92 Å². The minimum absolute atomic E-state index is 0.443. The van der Waals surface area contributed by atoms with Crippen molar-refractivity contribution >= 4 is 17.7 Å². The van der Waals surface area contributed by atoms with Crippen molar-refractivity contribution in [3.05, 3.63) is 0 Å². The molecule has 0 spiro atoms. The van der Waals surface area contributed by atoms with E-state index in [-0.39, 0.29) is 0 Å². The zero-order chi connectivity index (χ0) is 5.86. The second kappa shape index (κ2) is 2.82. The number of carbonyl (C=O) groups excluding carboxylic acids is 1. The number of halogens is 1. The Morgan fingerprint density at radius 1 is 2.00 bits per heavy atom. The Balaban J connectivity index is 3.34. The Hall–Kier alpha value is -0.280. The Kier molecular flexibility index (Phi) is 2.71. The van der Waals surface area contributed by atoms with Crippen LogP contribution >= 0.6 is 11.8 Å². The van der Waals surface area contributed by atoms with Gasteiger partial charge in [0.2, 0.25) is 5.91 Å². The maximum absolute atomic E-state index is 10.0. The third-order valence-corrected chi connectivity index (χ3v) is 0.918. The lowest BCUT2D eigenvalue weighted by Crippen LogP contribution is -2.33. The number of amides is 1. The van der Waals surface area contributed by atoms with Gasteiger partial charge in [0.15, 0.2) is 0 Å². The number of carbonyl (C=O) groups is 1. The molecule has 0 aliphatic carbocycles. The molecule has 3 nitrogen and oxygen atoms in total. The average Bonchev–Trinajstić information content (AvgIpc) is 1.65. The Bertz CT molecular complexity index is 75.3. The van der Waals surface area contributed by atoms with Crippen LogP contribution < -0.4 is 10.6 Å². The fraction of sp³-hybridized carbons (Fsp3) is 0.667. The Labute approximate surface area is 46.9 Å². The van der Waals surface area contributed by atoms with E-state index >= 15 is 0 Å². The van der Waals surface area contributed by atoms with Crippen LogP contribution in [0.3, 0.4) is 0 Å². The second-order valence-corrected chi connectivity index (χ2v) is 1.45. The largest absolute Gasteiger partial charge is 0.368 e. The molecular formula is C3H7ClN2O. The molecule has 0 aromatic carbocycles. The van der Waals surface area contributed by atoms with E-state index in [1.807, 2.05) is 0 Å². The van der Waals surface area contributed by atoms with Gasteiger partial charge in [0.1, 0.15) is 0 Å². The highest BCUT2D eigenvalue weighted by Crippen LogP contribution is 1.77. The van der Waals surface area contributed by atoms with Crippen LogP contribution in [0.2, 0.25) is 0 Å². The van der Waals surface area contributed by atoms with Gasteiger partial charge in [-0.25, -0.2) is 4.84 Å². The van der Waals surface area contributed by atoms with E-state index in [1.165, 1.54) is 0 Å². The summed E-state index contributed by atoms with van der Waals surface area (Å²) >= 11 is 5.00. The van der Waals surface area contributed by atoms with Crippen molar-refractivity contribution in [1.29, 1.82) is 0 Å². The molecule has 0 bridgehead atoms. The third-order valence-electron chi connectivity index (χ3n) is 0.590. The van der Waals surface area contributed by atoms with Crippen LogP contribution in [0.15, 0.2) is 0 Å². The molecule has 0 fully saturated rings. The summed E-state index contributed by atoms with van der Waals surface area (Å²) in [5, 5.41) is 0. The molecule has 4 heteroatoms. The quantitative estimate of drug-likeness (QED) is 0.490. The van der Waals surface area contributed by atoms with Crippen molar-refractivity contribution in [3.63, 3.8) is 0 Å². The lowest BCUT2D eigenvalue weighted by Gasteiger charge is -1.98. The zero-order valence-electron chi connectivity index (χ0n) is 3.94. The molecule has 1 amide bonds. The molecule has 7 heavy (non-hydrogen) atoms. The Morgan fingerprint density at radius 3 is 2.43 bits per heavy atom. The molecule has 3 N–H and O–H groups in total. The van der Waals surface area contributed by atoms with Gasteiger partial charge < -0.3 is 5.73 Å². The lowest BCUT2D eigenvalue weighted by molar-refractivity contribution is -0.119. The monoisotopic (exact) mass is 122 g/mol. The molecule has 0 rings (SSSR count). The van der Waals surface area contributed by atoms with Crippen molar-refractivity contribution in [1.82, 2.24) is 4.84 Å². The fourth-order valence-electron chi connectivity index (χ4n) is 0.0538. The van der Waals surface area contributed by atoms with Crippen LogP contribution in [-0.4, -0.2) is 11.9 Å². The number of nitrogens with two attached hydrogens (primary N) is 1. The first-order valence-electron chi connectivity index (χ1n) is 1.84. The van der Waals surface area contributed by atoms with Gasteiger partial charge in [-0.2, -0.15) is 0 Å². The van der Waals surface area contributed by atoms with Crippen LogP contribution in [0, 0.1) is 0 Å². The minimum Gasteiger partial charge on any atom is -0.368 e. The van der Waals surface area contributed by atoms with Gasteiger partial charge in [0, 0.05) is 0 Å². The zero-order valence-corrected chi connectivity index (χ0v) is 4.70. The normalized spacial score (nSPS) is 13.4. The topological polar surface area (TPSA) is 55.1 Å². The van der Waals surface area contributed by atoms with Gasteiger partial charge in [-0.15, -0.1) is 0 Å². The first-order valence-corrected chi connectivity index (χ1v) is 2.21. The molecule has 0 aromatic rings. The summed E-state index contributed by atoms with van der Waals surface area (Å²) < 4.78 is 0. The van der Waals surface area contributed by atoms with Crippen molar-refractivity contribution in [3.8, 4) is 0 Å². The highest BCUT2D eigenvalue weighted by molar-refractivity contribution is 6.14. The number of rotatable bonds is 2. The number of hydrogen-bond acceptors (Lipinski definition) is 2. The van der Waals surface area contributed by atoms with Gasteiger partial charge >= 0.3 is 0 Å². The second-order valence-electron chi connectivity index (χ2n) is 1.23. The number of nitrogens with one attached hydrogen (secondary N) is 1. The minimum atomic E-state index is -0.449. The van der Waals surface area contributed by atoms with Crippen molar-refractivity contribution < 1.29 is 4.79 Å². The maximum Gasteiger partial charge on any atom is 0.235 e. The van der Waals surface area contributed by atoms with E-state index in [2.05, 4.69) is 4.84 Å². The molecule has 0 radical (unpaired) electrons. The maximum atomic E-state index is 10.0. The Morgan fingerprint density at radius 2 is 2.43 bits per heavy atom. The van der Waals surface area contributed by atoms with E-state index in [0.29, 0.717) is 0 Å². The van der Waals surface area contributed by atoms with Crippen molar-refractivity contribution in [2.24, 2.45) is 5.73 Å². The van der Waals surface area contributed by atoms with Gasteiger partial charge in [-0.1, -0.05) is 0 Å². The third kappa shape index (κ3) is 2.42. The average molecular weight is 123 g/mol. The molecule has 0 aromatic heterocycles. The summed E-state index contributed by atoms with van der Waals surface area (Å²) in [5.74, 6) is -0.449. The van der Waals surface area contributed by atoms with E-state index in [1.54, 1.807) is 6.92 Å². The van der Waals surface area contributed by atoms with Crippen molar-refractivity contribution in [2.45, 2.75) is 13.0 Å². The summed E-state index contributed by atoms with van der Waals surface area (Å²) in [7, 11) is 0. The van der Waals surface area contributed by atoms with E-state index in [0.717, 1.165) is 0 Å². The smallest absolute Gasteiger partial charge is 0.235 e. The van der Waals surface area contributed by atoms with Crippen LogP contribution in [0.4, 0.5) is 0 Å². The van der Waals surface area contributed by atoms with Crippen LogP contribution in [0.5, 0.6) is 0 Å². The van der Waals surface area contributed by atoms with Crippen LogP contribution in [0.25, 0.3) is 0 Å². The molecule has 1 atom stereocenters. The van der Waals surface area contributed by atoms with E-state index in [9.17, 15) is 4.79 Å². The highest BCUT2D eigenvalue weighted by atomic mass is 35.5. The predicted molar refractivity (Wildman–Crippen MR) is 27.6 cm³/mol. The summed E-state index contributed by atoms with van der Waals surface area (Å²) in [6, 6.07) is -0.443. The molecule has 0 aliphatic rings. The molecule has 0 unspecified atom stereocenters. The standard InChI is InChI=1S/C3H7ClN2O/c1-2(6-4)3(5)7/h2,6H,1H3,(H2,5,7)/t2-/m0/s1. The first-order chi connectivity index (χ1) is 3.18. The van der Waals surface area contributed by atoms with Gasteiger partial charge in [0.05, 0.1) is 6.04 Å². The summed E-state index contributed by atoms with van der Waals surface area (Å²) in [5.41, 5.74) is 4.76. The van der Waals surface area contributed by atoms with E-state index < -0.39 is 11.9 Å². The molecule has 42 valence electrons. The molecule has 0 saturated carbocycles. The first kappa shape index (κ1) is 6.72. The summed E-state index contributed by atoms with van der Waals surface area (Å²) in [6.07, 6.45) is 0. The number of hydrogen-bond donors (Lipinski definition) is 2. The lowest BCUT2D eigenvalue weighted by atomic mass is 10.4.